The fraction of sp³-hybridized carbons (Fsp3) is 0.316. The zero-order chi connectivity index (χ0) is 21.0. The van der Waals surface area contributed by atoms with Crippen molar-refractivity contribution < 1.29 is 32.3 Å². The zero-order valence-corrected chi connectivity index (χ0v) is 15.5. The minimum atomic E-state index is -2.89. The fourth-order valence-electron chi connectivity index (χ4n) is 2.95. The van der Waals surface area contributed by atoms with Crippen LogP contribution in [0.1, 0.15) is 18.2 Å². The van der Waals surface area contributed by atoms with E-state index in [1.165, 1.54) is 25.3 Å². The molecule has 154 valence electrons. The number of urea groups is 1. The number of carbonyl (C=O) groups excluding carboxylic acids is 3. The smallest absolute Gasteiger partial charge is 0.387 e. The van der Waals surface area contributed by atoms with Gasteiger partial charge in [0.15, 0.2) is 5.54 Å². The maximum atomic E-state index is 12.6. The van der Waals surface area contributed by atoms with Crippen LogP contribution in [0.5, 0.6) is 5.75 Å². The standard InChI is InChI=1S/C19H19F2N3O5/c1-19(14-3-2-10-28-14)16(26)24(18(27)23-19)11-15(25)22-9-8-12-4-6-13(7-5-12)29-17(20)21/h2-7,10,17H,8-9,11H2,1H3,(H,22,25)(H,23,27). The van der Waals surface area contributed by atoms with Gasteiger partial charge in [-0.25, -0.2) is 4.79 Å². The molecule has 3 rings (SSSR count). The lowest BCUT2D eigenvalue weighted by Gasteiger charge is -2.18. The summed E-state index contributed by atoms with van der Waals surface area (Å²) < 4.78 is 33.8. The van der Waals surface area contributed by atoms with Crippen LogP contribution in [0.2, 0.25) is 0 Å². The van der Waals surface area contributed by atoms with E-state index in [1.807, 2.05) is 0 Å². The first-order chi connectivity index (χ1) is 13.8. The van der Waals surface area contributed by atoms with Crippen LogP contribution in [-0.4, -0.2) is 42.4 Å². The van der Waals surface area contributed by atoms with Crippen molar-refractivity contribution in [3.05, 3.63) is 54.0 Å². The second-order valence-electron chi connectivity index (χ2n) is 6.55. The summed E-state index contributed by atoms with van der Waals surface area (Å²) in [6, 6.07) is 8.52. The summed E-state index contributed by atoms with van der Waals surface area (Å²) in [5, 5.41) is 5.16. The molecule has 10 heteroatoms. The van der Waals surface area contributed by atoms with Gasteiger partial charge in [-0.3, -0.25) is 14.5 Å². The Morgan fingerprint density at radius 3 is 2.62 bits per heavy atom. The molecule has 0 radical (unpaired) electrons. The van der Waals surface area contributed by atoms with Crippen LogP contribution in [0.4, 0.5) is 13.6 Å². The number of hydrogen-bond donors (Lipinski definition) is 2. The predicted octanol–water partition coefficient (Wildman–Crippen LogP) is 2.01. The number of rotatable bonds is 8. The van der Waals surface area contributed by atoms with Crippen LogP contribution in [0.3, 0.4) is 0 Å². The summed E-state index contributed by atoms with van der Waals surface area (Å²) in [4.78, 5) is 37.7. The van der Waals surface area contributed by atoms with Gasteiger partial charge in [0.25, 0.3) is 5.91 Å². The van der Waals surface area contributed by atoms with Gasteiger partial charge in [-0.05, 0) is 43.2 Å². The van der Waals surface area contributed by atoms with Gasteiger partial charge in [0.2, 0.25) is 5.91 Å². The van der Waals surface area contributed by atoms with Gasteiger partial charge in [-0.15, -0.1) is 0 Å². The molecule has 1 fully saturated rings. The Morgan fingerprint density at radius 2 is 2.00 bits per heavy atom. The SMILES string of the molecule is CC1(c2ccco2)NC(=O)N(CC(=O)NCCc2ccc(OC(F)F)cc2)C1=O. The highest BCUT2D eigenvalue weighted by Crippen LogP contribution is 2.28. The quantitative estimate of drug-likeness (QED) is 0.652. The van der Waals surface area contributed by atoms with Gasteiger partial charge in [-0.2, -0.15) is 8.78 Å². The molecule has 2 aromatic rings. The lowest BCUT2D eigenvalue weighted by molar-refractivity contribution is -0.135. The van der Waals surface area contributed by atoms with E-state index in [2.05, 4.69) is 15.4 Å². The van der Waals surface area contributed by atoms with E-state index in [0.717, 1.165) is 10.5 Å². The van der Waals surface area contributed by atoms with E-state index in [0.29, 0.717) is 6.42 Å². The Morgan fingerprint density at radius 1 is 1.28 bits per heavy atom. The van der Waals surface area contributed by atoms with E-state index >= 15 is 0 Å². The number of benzene rings is 1. The molecule has 2 N–H and O–H groups in total. The molecule has 1 unspecified atom stereocenters. The van der Waals surface area contributed by atoms with Crippen LogP contribution in [0.15, 0.2) is 47.1 Å². The number of furan rings is 1. The van der Waals surface area contributed by atoms with E-state index < -0.39 is 36.5 Å². The Labute approximate surface area is 164 Å². The lowest BCUT2D eigenvalue weighted by atomic mass is 9.99. The molecule has 4 amide bonds. The third kappa shape index (κ3) is 4.53. The molecule has 2 heterocycles. The number of alkyl halides is 2. The molecule has 1 saturated heterocycles. The maximum absolute atomic E-state index is 12.6. The van der Waals surface area contributed by atoms with E-state index in [4.69, 9.17) is 4.42 Å². The van der Waals surface area contributed by atoms with Gasteiger partial charge >= 0.3 is 12.6 Å². The Hall–Kier alpha value is -3.43. The largest absolute Gasteiger partial charge is 0.466 e. The molecular weight excluding hydrogens is 388 g/mol. The monoisotopic (exact) mass is 407 g/mol. The molecule has 0 bridgehead atoms. The van der Waals surface area contributed by atoms with Crippen molar-refractivity contribution in [1.29, 1.82) is 0 Å². The minimum Gasteiger partial charge on any atom is -0.466 e. The summed E-state index contributed by atoms with van der Waals surface area (Å²) in [5.74, 6) is -0.763. The third-order valence-electron chi connectivity index (χ3n) is 4.48. The van der Waals surface area contributed by atoms with Crippen LogP contribution in [-0.2, 0) is 21.5 Å². The number of imide groups is 1. The molecular formula is C19H19F2N3O5. The Bertz CT molecular complexity index is 886. The number of hydrogen-bond acceptors (Lipinski definition) is 5. The maximum Gasteiger partial charge on any atom is 0.387 e. The molecule has 0 spiro atoms. The minimum absolute atomic E-state index is 0.0472. The molecule has 1 aliphatic heterocycles. The van der Waals surface area contributed by atoms with Crippen molar-refractivity contribution in [2.75, 3.05) is 13.1 Å². The number of halogens is 2. The van der Waals surface area contributed by atoms with Gasteiger partial charge in [0.05, 0.1) is 6.26 Å². The summed E-state index contributed by atoms with van der Waals surface area (Å²) in [5.41, 5.74) is -0.560. The number of nitrogens with zero attached hydrogens (tertiary/aromatic N) is 1. The summed E-state index contributed by atoms with van der Waals surface area (Å²) >= 11 is 0. The summed E-state index contributed by atoms with van der Waals surface area (Å²) in [6.07, 6.45) is 1.83. The molecule has 1 atom stereocenters. The topological polar surface area (TPSA) is 101 Å². The van der Waals surface area contributed by atoms with Crippen LogP contribution in [0, 0.1) is 0 Å². The number of amides is 4. The van der Waals surface area contributed by atoms with Crippen molar-refractivity contribution in [3.8, 4) is 5.75 Å². The Balaban J connectivity index is 1.49. The first-order valence-electron chi connectivity index (χ1n) is 8.78. The normalized spacial score (nSPS) is 18.8. The molecule has 0 saturated carbocycles. The highest BCUT2D eigenvalue weighted by molar-refractivity contribution is 6.08. The lowest BCUT2D eigenvalue weighted by Crippen LogP contribution is -2.43. The fourth-order valence-corrected chi connectivity index (χ4v) is 2.95. The first-order valence-corrected chi connectivity index (χ1v) is 8.78. The zero-order valence-electron chi connectivity index (χ0n) is 15.5. The molecule has 8 nitrogen and oxygen atoms in total. The second-order valence-corrected chi connectivity index (χ2v) is 6.55. The van der Waals surface area contributed by atoms with Crippen LogP contribution < -0.4 is 15.4 Å². The number of nitrogens with one attached hydrogen (secondary N) is 2. The van der Waals surface area contributed by atoms with Gasteiger partial charge in [-0.1, -0.05) is 12.1 Å². The average Bonchev–Trinajstić information content (AvgIpc) is 3.27. The van der Waals surface area contributed by atoms with E-state index in [1.54, 1.807) is 24.3 Å². The third-order valence-corrected chi connectivity index (χ3v) is 4.48. The molecule has 0 aliphatic carbocycles. The number of ether oxygens (including phenoxy) is 1. The molecule has 1 aromatic heterocycles. The van der Waals surface area contributed by atoms with Crippen molar-refractivity contribution in [1.82, 2.24) is 15.5 Å². The van der Waals surface area contributed by atoms with Gasteiger partial charge in [0, 0.05) is 6.54 Å². The Kier molecular flexibility index (Phi) is 5.81. The number of carbonyl (C=O) groups is 3. The van der Waals surface area contributed by atoms with Crippen molar-refractivity contribution in [2.45, 2.75) is 25.5 Å². The highest BCUT2D eigenvalue weighted by atomic mass is 19.3. The van der Waals surface area contributed by atoms with Crippen molar-refractivity contribution >= 4 is 17.8 Å². The molecule has 1 aliphatic rings. The summed E-state index contributed by atoms with van der Waals surface area (Å²) in [6.45, 7) is -1.57. The average molecular weight is 407 g/mol. The van der Waals surface area contributed by atoms with E-state index in [-0.39, 0.29) is 18.1 Å². The van der Waals surface area contributed by atoms with Crippen LogP contribution >= 0.6 is 0 Å². The van der Waals surface area contributed by atoms with Crippen molar-refractivity contribution in [2.24, 2.45) is 0 Å². The predicted molar refractivity (Wildman–Crippen MR) is 96.1 cm³/mol. The van der Waals surface area contributed by atoms with Gasteiger partial charge in [0.1, 0.15) is 18.1 Å². The van der Waals surface area contributed by atoms with Crippen molar-refractivity contribution in [3.63, 3.8) is 0 Å². The summed E-state index contributed by atoms with van der Waals surface area (Å²) in [7, 11) is 0. The first kappa shape index (κ1) is 20.3. The van der Waals surface area contributed by atoms with Crippen LogP contribution in [0.25, 0.3) is 0 Å². The molecule has 29 heavy (non-hydrogen) atoms. The molecule has 1 aromatic carbocycles. The van der Waals surface area contributed by atoms with Gasteiger partial charge < -0.3 is 19.8 Å². The highest BCUT2D eigenvalue weighted by Gasteiger charge is 2.51. The second kappa shape index (κ2) is 8.29. The van der Waals surface area contributed by atoms with E-state index in [9.17, 15) is 23.2 Å².